The smallest absolute Gasteiger partial charge is 0.233 e. The molecule has 0 aliphatic carbocycles. The van der Waals surface area contributed by atoms with Crippen molar-refractivity contribution < 1.29 is 4.79 Å². The van der Waals surface area contributed by atoms with E-state index >= 15 is 0 Å². The summed E-state index contributed by atoms with van der Waals surface area (Å²) in [7, 11) is 0. The molecular formula is C23H25N3OS. The largest absolute Gasteiger partial charge is 0.339 e. The molecule has 0 bridgehead atoms. The molecule has 5 heteroatoms. The minimum absolute atomic E-state index is 0.217. The number of likely N-dealkylation sites (tertiary alicyclic amines) is 1. The lowest BCUT2D eigenvalue weighted by Gasteiger charge is -2.35. The van der Waals surface area contributed by atoms with Crippen LogP contribution in [0.25, 0.3) is 22.0 Å². The second-order valence-electron chi connectivity index (χ2n) is 7.20. The highest BCUT2D eigenvalue weighted by molar-refractivity contribution is 8.00. The van der Waals surface area contributed by atoms with Crippen LogP contribution in [0, 0.1) is 0 Å². The van der Waals surface area contributed by atoms with Crippen molar-refractivity contribution >= 4 is 28.4 Å². The fraction of sp³-hybridized carbons (Fsp3) is 0.348. The SMILES string of the molecule is CCC1CCCCN1C(=O)CSc1nnc(-c2ccccc2)c2ccccc12. The van der Waals surface area contributed by atoms with Gasteiger partial charge in [-0.2, -0.15) is 0 Å². The average molecular weight is 392 g/mol. The summed E-state index contributed by atoms with van der Waals surface area (Å²) in [5.41, 5.74) is 1.94. The van der Waals surface area contributed by atoms with Crippen molar-refractivity contribution in [1.82, 2.24) is 15.1 Å². The second-order valence-corrected chi connectivity index (χ2v) is 8.16. The van der Waals surface area contributed by atoms with Gasteiger partial charge in [-0.1, -0.05) is 73.3 Å². The van der Waals surface area contributed by atoms with Crippen molar-refractivity contribution in [3.63, 3.8) is 0 Å². The Balaban J connectivity index is 1.57. The van der Waals surface area contributed by atoms with Crippen LogP contribution in [0.5, 0.6) is 0 Å². The van der Waals surface area contributed by atoms with Crippen molar-refractivity contribution in [1.29, 1.82) is 0 Å². The topological polar surface area (TPSA) is 46.1 Å². The van der Waals surface area contributed by atoms with E-state index in [-0.39, 0.29) is 5.91 Å². The number of nitrogens with zero attached hydrogens (tertiary/aromatic N) is 3. The van der Waals surface area contributed by atoms with Crippen LogP contribution in [-0.4, -0.2) is 39.3 Å². The Kier molecular flexibility index (Phi) is 5.91. The lowest BCUT2D eigenvalue weighted by atomic mass is 10.0. The van der Waals surface area contributed by atoms with E-state index in [1.807, 2.05) is 42.5 Å². The van der Waals surface area contributed by atoms with Crippen LogP contribution in [0.1, 0.15) is 32.6 Å². The first-order valence-electron chi connectivity index (χ1n) is 10.0. The number of amides is 1. The summed E-state index contributed by atoms with van der Waals surface area (Å²) in [6.45, 7) is 3.06. The molecule has 2 aromatic carbocycles. The van der Waals surface area contributed by atoms with Crippen molar-refractivity contribution in [2.75, 3.05) is 12.3 Å². The Morgan fingerprint density at radius 3 is 2.57 bits per heavy atom. The zero-order chi connectivity index (χ0) is 19.3. The van der Waals surface area contributed by atoms with Crippen molar-refractivity contribution in [2.45, 2.75) is 43.7 Å². The van der Waals surface area contributed by atoms with Crippen LogP contribution >= 0.6 is 11.8 Å². The van der Waals surface area contributed by atoms with E-state index in [1.165, 1.54) is 18.2 Å². The summed E-state index contributed by atoms with van der Waals surface area (Å²) in [6.07, 6.45) is 4.50. The van der Waals surface area contributed by atoms with Gasteiger partial charge in [-0.05, 0) is 25.7 Å². The standard InChI is InChI=1S/C23H25N3OS/c1-2-18-12-8-9-15-26(18)21(27)16-28-23-20-14-7-6-13-19(20)22(24-25-23)17-10-4-3-5-11-17/h3-7,10-11,13-14,18H,2,8-9,12,15-16H2,1H3. The van der Waals surface area contributed by atoms with Gasteiger partial charge in [0.05, 0.1) is 5.75 Å². The van der Waals surface area contributed by atoms with Gasteiger partial charge in [0.2, 0.25) is 5.91 Å². The Bertz CT molecular complexity index is 960. The lowest BCUT2D eigenvalue weighted by molar-refractivity contribution is -0.132. The fourth-order valence-corrected chi connectivity index (χ4v) is 4.82. The normalized spacial score (nSPS) is 17.0. The van der Waals surface area contributed by atoms with E-state index in [2.05, 4.69) is 34.2 Å². The van der Waals surface area contributed by atoms with Gasteiger partial charge < -0.3 is 4.90 Å². The molecule has 2 heterocycles. The Labute approximate surface area is 170 Å². The van der Waals surface area contributed by atoms with Crippen LogP contribution in [0.4, 0.5) is 0 Å². The molecule has 144 valence electrons. The minimum atomic E-state index is 0.217. The lowest BCUT2D eigenvalue weighted by Crippen LogP contribution is -2.44. The molecule has 0 radical (unpaired) electrons. The molecule has 1 saturated heterocycles. The zero-order valence-electron chi connectivity index (χ0n) is 16.2. The van der Waals surface area contributed by atoms with Crippen molar-refractivity contribution in [3.8, 4) is 11.3 Å². The first-order chi connectivity index (χ1) is 13.8. The van der Waals surface area contributed by atoms with E-state index in [0.29, 0.717) is 11.8 Å². The van der Waals surface area contributed by atoms with Crippen LogP contribution in [0.3, 0.4) is 0 Å². The van der Waals surface area contributed by atoms with Crippen LogP contribution in [0.2, 0.25) is 0 Å². The first kappa shape index (κ1) is 18.9. The zero-order valence-corrected chi connectivity index (χ0v) is 17.0. The predicted octanol–water partition coefficient (Wildman–Crippen LogP) is 5.18. The number of rotatable bonds is 5. The third-order valence-corrected chi connectivity index (χ3v) is 6.42. The van der Waals surface area contributed by atoms with Gasteiger partial charge in [-0.3, -0.25) is 4.79 Å². The molecule has 1 amide bonds. The number of thioether (sulfide) groups is 1. The van der Waals surface area contributed by atoms with Gasteiger partial charge in [0, 0.05) is 28.9 Å². The highest BCUT2D eigenvalue weighted by Crippen LogP contribution is 2.32. The summed E-state index contributed by atoms with van der Waals surface area (Å²) >= 11 is 1.50. The number of benzene rings is 2. The Hall–Kier alpha value is -2.40. The van der Waals surface area contributed by atoms with Gasteiger partial charge in [0.15, 0.2) is 0 Å². The maximum atomic E-state index is 12.8. The number of hydrogen-bond donors (Lipinski definition) is 0. The first-order valence-corrected chi connectivity index (χ1v) is 11.0. The van der Waals surface area contributed by atoms with E-state index in [4.69, 9.17) is 0 Å². The van der Waals surface area contributed by atoms with Gasteiger partial charge in [0.25, 0.3) is 0 Å². The number of carbonyl (C=O) groups excluding carboxylic acids is 1. The molecule has 4 nitrogen and oxygen atoms in total. The molecule has 0 saturated carbocycles. The molecule has 0 spiro atoms. The molecular weight excluding hydrogens is 366 g/mol. The third kappa shape index (κ3) is 3.90. The molecule has 4 rings (SSSR count). The molecule has 1 unspecified atom stereocenters. The van der Waals surface area contributed by atoms with Crippen LogP contribution < -0.4 is 0 Å². The highest BCUT2D eigenvalue weighted by Gasteiger charge is 2.25. The summed E-state index contributed by atoms with van der Waals surface area (Å²) in [5, 5.41) is 11.9. The van der Waals surface area contributed by atoms with Crippen molar-refractivity contribution in [3.05, 3.63) is 54.6 Å². The maximum Gasteiger partial charge on any atom is 0.233 e. The highest BCUT2D eigenvalue weighted by atomic mass is 32.2. The van der Waals surface area contributed by atoms with E-state index in [9.17, 15) is 4.79 Å². The third-order valence-electron chi connectivity index (χ3n) is 5.45. The van der Waals surface area contributed by atoms with Crippen LogP contribution in [0.15, 0.2) is 59.6 Å². The number of carbonyl (C=O) groups is 1. The quantitative estimate of drug-likeness (QED) is 0.562. The van der Waals surface area contributed by atoms with Crippen LogP contribution in [-0.2, 0) is 4.79 Å². The van der Waals surface area contributed by atoms with E-state index < -0.39 is 0 Å². The predicted molar refractivity (Wildman–Crippen MR) is 115 cm³/mol. The Morgan fingerprint density at radius 1 is 1.04 bits per heavy atom. The number of hydrogen-bond acceptors (Lipinski definition) is 4. The summed E-state index contributed by atoms with van der Waals surface area (Å²) in [4.78, 5) is 14.9. The maximum absolute atomic E-state index is 12.8. The van der Waals surface area contributed by atoms with E-state index in [0.717, 1.165) is 52.9 Å². The van der Waals surface area contributed by atoms with E-state index in [1.54, 1.807) is 0 Å². The summed E-state index contributed by atoms with van der Waals surface area (Å²) < 4.78 is 0. The summed E-state index contributed by atoms with van der Waals surface area (Å²) in [6, 6.07) is 18.7. The monoisotopic (exact) mass is 391 g/mol. The molecule has 1 atom stereocenters. The molecule has 1 aliphatic heterocycles. The number of fused-ring (bicyclic) bond motifs is 1. The summed E-state index contributed by atoms with van der Waals surface area (Å²) in [5.74, 6) is 0.634. The van der Waals surface area contributed by atoms with Gasteiger partial charge in [-0.15, -0.1) is 10.2 Å². The van der Waals surface area contributed by atoms with Crippen molar-refractivity contribution in [2.24, 2.45) is 0 Å². The Morgan fingerprint density at radius 2 is 1.79 bits per heavy atom. The average Bonchev–Trinajstić information content (AvgIpc) is 2.77. The second kappa shape index (κ2) is 8.74. The molecule has 3 aromatic rings. The number of aromatic nitrogens is 2. The van der Waals surface area contributed by atoms with Gasteiger partial charge in [0.1, 0.15) is 10.7 Å². The van der Waals surface area contributed by atoms with Gasteiger partial charge >= 0.3 is 0 Å². The molecule has 0 N–H and O–H groups in total. The fourth-order valence-electron chi connectivity index (χ4n) is 3.96. The molecule has 28 heavy (non-hydrogen) atoms. The molecule has 1 aliphatic rings. The molecule has 1 fully saturated rings. The van der Waals surface area contributed by atoms with Gasteiger partial charge in [-0.25, -0.2) is 0 Å². The minimum Gasteiger partial charge on any atom is -0.339 e. The molecule has 1 aromatic heterocycles. The number of piperidine rings is 1.